The summed E-state index contributed by atoms with van der Waals surface area (Å²) in [6, 6.07) is 0. The monoisotopic (exact) mass is 213 g/mol. The lowest BCUT2D eigenvalue weighted by atomic mass is 10.2. The van der Waals surface area contributed by atoms with Gasteiger partial charge in [-0.1, -0.05) is 19.8 Å². The highest BCUT2D eigenvalue weighted by atomic mass is 16.2. The minimum absolute atomic E-state index is 0.174. The number of nitrogens with one attached hydrogen (secondary N) is 2. The molecule has 1 heterocycles. The first kappa shape index (κ1) is 12.5. The van der Waals surface area contributed by atoms with Crippen molar-refractivity contribution in [2.24, 2.45) is 0 Å². The number of carbonyl (C=O) groups is 1. The Morgan fingerprint density at radius 1 is 1.33 bits per heavy atom. The second kappa shape index (κ2) is 7.65. The Balaban J connectivity index is 2.01. The van der Waals surface area contributed by atoms with E-state index in [1.165, 1.54) is 12.8 Å². The van der Waals surface area contributed by atoms with Gasteiger partial charge in [0.05, 0.1) is 6.54 Å². The molecule has 0 radical (unpaired) electrons. The molecule has 1 rings (SSSR count). The third-order valence-electron chi connectivity index (χ3n) is 2.68. The molecule has 0 aromatic rings. The molecule has 1 aliphatic heterocycles. The second-order valence-corrected chi connectivity index (χ2v) is 4.08. The van der Waals surface area contributed by atoms with E-state index in [2.05, 4.69) is 22.5 Å². The first-order valence-electron chi connectivity index (χ1n) is 6.02. The van der Waals surface area contributed by atoms with E-state index in [9.17, 15) is 4.79 Å². The maximum Gasteiger partial charge on any atom is 0.234 e. The number of rotatable bonds is 6. The molecular formula is C11H23N3O. The van der Waals surface area contributed by atoms with E-state index in [0.29, 0.717) is 6.54 Å². The molecule has 2 N–H and O–H groups in total. The van der Waals surface area contributed by atoms with Crippen LogP contribution in [-0.4, -0.2) is 50.1 Å². The van der Waals surface area contributed by atoms with E-state index in [1.807, 2.05) is 0 Å². The summed E-state index contributed by atoms with van der Waals surface area (Å²) in [5.74, 6) is 0.174. The minimum Gasteiger partial charge on any atom is -0.355 e. The van der Waals surface area contributed by atoms with Gasteiger partial charge in [-0.2, -0.15) is 0 Å². The third kappa shape index (κ3) is 5.74. The quantitative estimate of drug-likeness (QED) is 0.619. The van der Waals surface area contributed by atoms with Crippen molar-refractivity contribution in [1.82, 2.24) is 15.5 Å². The van der Waals surface area contributed by atoms with Crippen LogP contribution < -0.4 is 10.6 Å². The van der Waals surface area contributed by atoms with Crippen LogP contribution in [0.2, 0.25) is 0 Å². The van der Waals surface area contributed by atoms with Gasteiger partial charge in [0.1, 0.15) is 0 Å². The molecule has 1 fully saturated rings. The molecule has 0 atom stereocenters. The maximum atomic E-state index is 11.5. The predicted octanol–water partition coefficient (Wildman–Crippen LogP) is 0.198. The molecule has 0 saturated carbocycles. The molecule has 0 spiro atoms. The number of piperazine rings is 1. The van der Waals surface area contributed by atoms with Gasteiger partial charge in [0.2, 0.25) is 5.91 Å². The summed E-state index contributed by atoms with van der Waals surface area (Å²) >= 11 is 0. The highest BCUT2D eigenvalue weighted by Crippen LogP contribution is 1.93. The molecular weight excluding hydrogens is 190 g/mol. The standard InChI is InChI=1S/C11H23N3O/c1-2-3-4-5-13-11(15)10-14-8-6-12-7-9-14/h12H,2-10H2,1H3,(H,13,15). The fraction of sp³-hybridized carbons (Fsp3) is 0.909. The zero-order valence-electron chi connectivity index (χ0n) is 9.72. The lowest BCUT2D eigenvalue weighted by Gasteiger charge is -2.26. The molecule has 0 unspecified atom stereocenters. The SMILES string of the molecule is CCCCCNC(=O)CN1CCNCC1. The summed E-state index contributed by atoms with van der Waals surface area (Å²) in [5, 5.41) is 6.24. The van der Waals surface area contributed by atoms with E-state index >= 15 is 0 Å². The van der Waals surface area contributed by atoms with Crippen LogP contribution >= 0.6 is 0 Å². The summed E-state index contributed by atoms with van der Waals surface area (Å²) in [6.45, 7) is 7.55. The number of amides is 1. The molecule has 4 heteroatoms. The summed E-state index contributed by atoms with van der Waals surface area (Å²) in [5.41, 5.74) is 0. The van der Waals surface area contributed by atoms with E-state index in [4.69, 9.17) is 0 Å². The van der Waals surface area contributed by atoms with Crippen LogP contribution in [0.5, 0.6) is 0 Å². The first-order valence-corrected chi connectivity index (χ1v) is 6.02. The maximum absolute atomic E-state index is 11.5. The number of hydrogen-bond acceptors (Lipinski definition) is 3. The molecule has 88 valence electrons. The van der Waals surface area contributed by atoms with Crippen LogP contribution in [0.25, 0.3) is 0 Å². The molecule has 15 heavy (non-hydrogen) atoms. The Morgan fingerprint density at radius 3 is 2.73 bits per heavy atom. The summed E-state index contributed by atoms with van der Waals surface area (Å²) in [7, 11) is 0. The van der Waals surface area contributed by atoms with Crippen molar-refractivity contribution >= 4 is 5.91 Å². The van der Waals surface area contributed by atoms with Crippen molar-refractivity contribution in [3.63, 3.8) is 0 Å². The molecule has 0 aromatic heterocycles. The molecule has 1 amide bonds. The van der Waals surface area contributed by atoms with Gasteiger partial charge in [0, 0.05) is 32.7 Å². The summed E-state index contributed by atoms with van der Waals surface area (Å²) < 4.78 is 0. The van der Waals surface area contributed by atoms with Gasteiger partial charge in [0.15, 0.2) is 0 Å². The van der Waals surface area contributed by atoms with Crippen LogP contribution in [0.3, 0.4) is 0 Å². The zero-order valence-corrected chi connectivity index (χ0v) is 9.72. The van der Waals surface area contributed by atoms with Crippen molar-refractivity contribution in [3.05, 3.63) is 0 Å². The Bertz CT molecular complexity index is 179. The van der Waals surface area contributed by atoms with E-state index in [1.54, 1.807) is 0 Å². The Kier molecular flexibility index (Phi) is 6.36. The minimum atomic E-state index is 0.174. The van der Waals surface area contributed by atoms with Crippen LogP contribution in [-0.2, 0) is 4.79 Å². The van der Waals surface area contributed by atoms with Gasteiger partial charge < -0.3 is 10.6 Å². The van der Waals surface area contributed by atoms with E-state index < -0.39 is 0 Å². The lowest BCUT2D eigenvalue weighted by molar-refractivity contribution is -0.122. The fourth-order valence-corrected chi connectivity index (χ4v) is 1.73. The number of unbranched alkanes of at least 4 members (excludes halogenated alkanes) is 2. The van der Waals surface area contributed by atoms with Crippen LogP contribution in [0.1, 0.15) is 26.2 Å². The molecule has 1 aliphatic rings. The average Bonchev–Trinajstić information content (AvgIpc) is 2.26. The van der Waals surface area contributed by atoms with Gasteiger partial charge in [-0.3, -0.25) is 9.69 Å². The van der Waals surface area contributed by atoms with Crippen molar-refractivity contribution in [2.45, 2.75) is 26.2 Å². The number of nitrogens with zero attached hydrogens (tertiary/aromatic N) is 1. The van der Waals surface area contributed by atoms with Crippen LogP contribution in [0.4, 0.5) is 0 Å². The predicted molar refractivity (Wildman–Crippen MR) is 61.8 cm³/mol. The largest absolute Gasteiger partial charge is 0.355 e. The number of hydrogen-bond donors (Lipinski definition) is 2. The smallest absolute Gasteiger partial charge is 0.234 e. The van der Waals surface area contributed by atoms with Crippen molar-refractivity contribution < 1.29 is 4.79 Å². The Morgan fingerprint density at radius 2 is 2.07 bits per heavy atom. The average molecular weight is 213 g/mol. The summed E-state index contributed by atoms with van der Waals surface area (Å²) in [6.07, 6.45) is 3.51. The van der Waals surface area contributed by atoms with Crippen LogP contribution in [0.15, 0.2) is 0 Å². The van der Waals surface area contributed by atoms with Gasteiger partial charge in [-0.25, -0.2) is 0 Å². The van der Waals surface area contributed by atoms with Crippen molar-refractivity contribution in [1.29, 1.82) is 0 Å². The van der Waals surface area contributed by atoms with Gasteiger partial charge in [0.25, 0.3) is 0 Å². The van der Waals surface area contributed by atoms with Gasteiger partial charge in [-0.15, -0.1) is 0 Å². The Labute approximate surface area is 92.4 Å². The van der Waals surface area contributed by atoms with Gasteiger partial charge >= 0.3 is 0 Å². The highest BCUT2D eigenvalue weighted by molar-refractivity contribution is 5.77. The first-order chi connectivity index (χ1) is 7.33. The van der Waals surface area contributed by atoms with Gasteiger partial charge in [-0.05, 0) is 6.42 Å². The topological polar surface area (TPSA) is 44.4 Å². The van der Waals surface area contributed by atoms with Crippen molar-refractivity contribution in [3.8, 4) is 0 Å². The lowest BCUT2D eigenvalue weighted by Crippen LogP contribution is -2.47. The zero-order chi connectivity index (χ0) is 10.9. The molecule has 0 aliphatic carbocycles. The second-order valence-electron chi connectivity index (χ2n) is 4.08. The highest BCUT2D eigenvalue weighted by Gasteiger charge is 2.12. The molecule has 0 bridgehead atoms. The van der Waals surface area contributed by atoms with E-state index in [-0.39, 0.29) is 5.91 Å². The van der Waals surface area contributed by atoms with Crippen LogP contribution in [0, 0.1) is 0 Å². The molecule has 0 aromatic carbocycles. The Hall–Kier alpha value is -0.610. The molecule has 1 saturated heterocycles. The van der Waals surface area contributed by atoms with Crippen molar-refractivity contribution in [2.75, 3.05) is 39.3 Å². The number of carbonyl (C=O) groups excluding carboxylic acids is 1. The molecule has 4 nitrogen and oxygen atoms in total. The third-order valence-corrected chi connectivity index (χ3v) is 2.68. The summed E-state index contributed by atoms with van der Waals surface area (Å²) in [4.78, 5) is 13.7. The van der Waals surface area contributed by atoms with E-state index in [0.717, 1.165) is 39.1 Å². The fourth-order valence-electron chi connectivity index (χ4n) is 1.73. The normalized spacial score (nSPS) is 17.7.